The van der Waals surface area contributed by atoms with E-state index >= 15 is 0 Å². The van der Waals surface area contributed by atoms with Gasteiger partial charge < -0.3 is 5.32 Å². The average molecular weight is 301 g/mol. The number of hydrogen-bond acceptors (Lipinski definition) is 4. The minimum Gasteiger partial charge on any atom is -0.346 e. The van der Waals surface area contributed by atoms with Gasteiger partial charge in [0, 0.05) is 23.7 Å². The van der Waals surface area contributed by atoms with Gasteiger partial charge in [-0.05, 0) is 44.9 Å². The first-order chi connectivity index (χ1) is 10.1. The maximum absolute atomic E-state index is 12.6. The molecule has 2 saturated heterocycles. The fourth-order valence-corrected chi connectivity index (χ4v) is 4.75. The zero-order chi connectivity index (χ0) is 14.6. The van der Waals surface area contributed by atoms with Crippen molar-refractivity contribution in [1.29, 1.82) is 0 Å². The van der Waals surface area contributed by atoms with Crippen LogP contribution in [0.3, 0.4) is 0 Å². The lowest BCUT2D eigenvalue weighted by Crippen LogP contribution is -2.56. The molecular formula is C16H19N3OS. The Labute approximate surface area is 128 Å². The maximum atomic E-state index is 12.6. The number of rotatable bonds is 2. The number of amides is 1. The van der Waals surface area contributed by atoms with Gasteiger partial charge in [-0.25, -0.2) is 4.98 Å². The van der Waals surface area contributed by atoms with Gasteiger partial charge in [0.05, 0.1) is 10.9 Å². The van der Waals surface area contributed by atoms with Crippen LogP contribution >= 0.6 is 11.3 Å². The molecular weight excluding hydrogens is 282 g/mol. The maximum Gasteiger partial charge on any atom is 0.261 e. The highest BCUT2D eigenvalue weighted by Crippen LogP contribution is 2.40. The summed E-state index contributed by atoms with van der Waals surface area (Å²) in [5, 5.41) is 4.32. The molecule has 2 unspecified atom stereocenters. The van der Waals surface area contributed by atoms with Gasteiger partial charge >= 0.3 is 0 Å². The fraction of sp³-hybridized carbons (Fsp3) is 0.500. The van der Waals surface area contributed by atoms with Crippen LogP contribution in [0.25, 0.3) is 10.2 Å². The molecule has 2 bridgehead atoms. The van der Waals surface area contributed by atoms with Crippen molar-refractivity contribution in [3.05, 3.63) is 29.3 Å². The molecule has 2 aliphatic rings. The van der Waals surface area contributed by atoms with Gasteiger partial charge in [-0.1, -0.05) is 6.07 Å². The molecule has 2 aromatic rings. The molecule has 4 heterocycles. The molecule has 2 aliphatic heterocycles. The lowest BCUT2D eigenvalue weighted by atomic mass is 9.85. The normalized spacial score (nSPS) is 29.9. The van der Waals surface area contributed by atoms with Crippen LogP contribution < -0.4 is 5.32 Å². The van der Waals surface area contributed by atoms with Crippen molar-refractivity contribution in [1.82, 2.24) is 15.2 Å². The third kappa shape index (κ3) is 1.99. The first-order valence-corrected chi connectivity index (χ1v) is 8.28. The van der Waals surface area contributed by atoms with Crippen LogP contribution in [0.5, 0.6) is 0 Å². The highest BCUT2D eigenvalue weighted by Gasteiger charge is 2.51. The van der Waals surface area contributed by atoms with Crippen LogP contribution in [-0.2, 0) is 0 Å². The largest absolute Gasteiger partial charge is 0.346 e. The molecule has 1 N–H and O–H groups in total. The summed E-state index contributed by atoms with van der Waals surface area (Å²) in [5.41, 5.74) is 0.0630. The third-order valence-electron chi connectivity index (χ3n) is 5.08. The monoisotopic (exact) mass is 301 g/mol. The van der Waals surface area contributed by atoms with Crippen LogP contribution in [0.2, 0.25) is 0 Å². The van der Waals surface area contributed by atoms with E-state index in [-0.39, 0.29) is 17.5 Å². The smallest absolute Gasteiger partial charge is 0.261 e. The number of thiophene rings is 1. The molecule has 110 valence electrons. The minimum atomic E-state index is 0.0461. The molecule has 2 aromatic heterocycles. The molecule has 3 atom stereocenters. The Morgan fingerprint density at radius 1 is 1.52 bits per heavy atom. The van der Waals surface area contributed by atoms with E-state index in [9.17, 15) is 4.79 Å². The van der Waals surface area contributed by atoms with E-state index in [4.69, 9.17) is 0 Å². The number of fused-ring (bicyclic) bond motifs is 3. The van der Waals surface area contributed by atoms with Crippen molar-refractivity contribution in [2.45, 2.75) is 31.8 Å². The van der Waals surface area contributed by atoms with Gasteiger partial charge in [-0.3, -0.25) is 9.69 Å². The fourth-order valence-electron chi connectivity index (χ4n) is 3.85. The van der Waals surface area contributed by atoms with Gasteiger partial charge in [0.1, 0.15) is 4.83 Å². The number of piperidine rings is 1. The van der Waals surface area contributed by atoms with Crippen molar-refractivity contribution in [3.63, 3.8) is 0 Å². The van der Waals surface area contributed by atoms with Crippen LogP contribution in [0.15, 0.2) is 24.4 Å². The van der Waals surface area contributed by atoms with Crippen molar-refractivity contribution in [2.75, 3.05) is 13.1 Å². The number of pyridine rings is 1. The van der Waals surface area contributed by atoms with Crippen LogP contribution in [0.4, 0.5) is 0 Å². The lowest BCUT2D eigenvalue weighted by molar-refractivity contribution is 0.0839. The third-order valence-corrected chi connectivity index (χ3v) is 6.13. The number of hydrogen-bond donors (Lipinski definition) is 1. The number of carbonyl (C=O) groups is 1. The van der Waals surface area contributed by atoms with E-state index in [0.717, 1.165) is 28.2 Å². The molecule has 0 saturated carbocycles. The lowest BCUT2D eigenvalue weighted by Gasteiger charge is -2.39. The summed E-state index contributed by atoms with van der Waals surface area (Å²) in [7, 11) is 0. The Bertz CT molecular complexity index is 675. The molecule has 21 heavy (non-hydrogen) atoms. The Morgan fingerprint density at radius 3 is 3.10 bits per heavy atom. The molecule has 0 radical (unpaired) electrons. The van der Waals surface area contributed by atoms with Crippen LogP contribution in [0.1, 0.15) is 29.9 Å². The Morgan fingerprint density at radius 2 is 2.38 bits per heavy atom. The molecule has 4 nitrogen and oxygen atoms in total. The highest BCUT2D eigenvalue weighted by molar-refractivity contribution is 7.20. The summed E-state index contributed by atoms with van der Waals surface area (Å²) in [6.07, 6.45) is 2.97. The standard InChI is InChI=1S/C16H19N3OS/c1-16(2)13(11-5-7-19(16)9-11)18-14(20)12-8-10-4-3-6-17-15(10)21-12/h3-4,6,8,11,13H,5,7,9H2,1-2H3,(H,18,20)/t11?,13-/m1/s1. The first kappa shape index (κ1) is 13.2. The van der Waals surface area contributed by atoms with Gasteiger partial charge in [0.15, 0.2) is 0 Å². The predicted octanol–water partition coefficient (Wildman–Crippen LogP) is 2.51. The van der Waals surface area contributed by atoms with E-state index < -0.39 is 0 Å². The number of carbonyl (C=O) groups excluding carboxylic acids is 1. The summed E-state index contributed by atoms with van der Waals surface area (Å²) in [4.78, 5) is 21.1. The highest BCUT2D eigenvalue weighted by atomic mass is 32.1. The molecule has 0 spiro atoms. The minimum absolute atomic E-state index is 0.0461. The van der Waals surface area contributed by atoms with E-state index in [1.165, 1.54) is 17.8 Å². The number of nitrogens with one attached hydrogen (secondary N) is 1. The van der Waals surface area contributed by atoms with E-state index in [2.05, 4.69) is 29.0 Å². The molecule has 5 heteroatoms. The SMILES string of the molecule is CC1(C)[C@H](NC(=O)c2cc3cccnc3s2)C2CCN1C2. The van der Waals surface area contributed by atoms with E-state index in [1.807, 2.05) is 18.2 Å². The first-order valence-electron chi connectivity index (χ1n) is 7.46. The van der Waals surface area contributed by atoms with E-state index in [0.29, 0.717) is 5.92 Å². The second kappa shape index (κ2) is 4.52. The van der Waals surface area contributed by atoms with Crippen molar-refractivity contribution >= 4 is 27.5 Å². The second-order valence-electron chi connectivity index (χ2n) is 6.61. The van der Waals surface area contributed by atoms with Gasteiger partial charge in [-0.15, -0.1) is 11.3 Å². The van der Waals surface area contributed by atoms with Gasteiger partial charge in [0.25, 0.3) is 5.91 Å². The van der Waals surface area contributed by atoms with E-state index in [1.54, 1.807) is 6.20 Å². The van der Waals surface area contributed by atoms with Gasteiger partial charge in [-0.2, -0.15) is 0 Å². The predicted molar refractivity (Wildman–Crippen MR) is 84.6 cm³/mol. The molecule has 4 rings (SSSR count). The second-order valence-corrected chi connectivity index (χ2v) is 7.64. The van der Waals surface area contributed by atoms with Crippen molar-refractivity contribution in [3.8, 4) is 0 Å². The Kier molecular flexibility index (Phi) is 2.84. The Hall–Kier alpha value is -1.46. The zero-order valence-electron chi connectivity index (χ0n) is 12.3. The summed E-state index contributed by atoms with van der Waals surface area (Å²) in [6, 6.07) is 6.10. The number of nitrogens with zero attached hydrogens (tertiary/aromatic N) is 2. The molecule has 0 aliphatic carbocycles. The summed E-state index contributed by atoms with van der Waals surface area (Å²) in [6.45, 7) is 6.76. The quantitative estimate of drug-likeness (QED) is 0.927. The zero-order valence-corrected chi connectivity index (χ0v) is 13.1. The molecule has 0 aromatic carbocycles. The van der Waals surface area contributed by atoms with Crippen LogP contribution in [0, 0.1) is 5.92 Å². The summed E-state index contributed by atoms with van der Waals surface area (Å²) in [5.74, 6) is 0.640. The van der Waals surface area contributed by atoms with Crippen LogP contribution in [-0.4, -0.2) is 40.5 Å². The summed E-state index contributed by atoms with van der Waals surface area (Å²) < 4.78 is 0. The average Bonchev–Trinajstić information content (AvgIpc) is 3.14. The van der Waals surface area contributed by atoms with Gasteiger partial charge in [0.2, 0.25) is 0 Å². The summed E-state index contributed by atoms with van der Waals surface area (Å²) >= 11 is 1.47. The molecule has 1 amide bonds. The Balaban J connectivity index is 1.58. The van der Waals surface area contributed by atoms with Crippen molar-refractivity contribution < 1.29 is 4.79 Å². The topological polar surface area (TPSA) is 45.2 Å². The van der Waals surface area contributed by atoms with Crippen molar-refractivity contribution in [2.24, 2.45) is 5.92 Å². The molecule has 2 fully saturated rings. The number of aromatic nitrogens is 1.